The van der Waals surface area contributed by atoms with Crippen molar-refractivity contribution >= 4 is 28.7 Å². The fourth-order valence-electron chi connectivity index (χ4n) is 3.64. The highest BCUT2D eigenvalue weighted by Gasteiger charge is 2.27. The predicted octanol–water partition coefficient (Wildman–Crippen LogP) is 3.61. The lowest BCUT2D eigenvalue weighted by Gasteiger charge is -2.22. The second-order valence-electron chi connectivity index (χ2n) is 7.56. The minimum atomic E-state index is -3.35. The highest BCUT2D eigenvalue weighted by Crippen LogP contribution is 2.27. The van der Waals surface area contributed by atoms with Gasteiger partial charge in [-0.05, 0) is 55.0 Å². The number of carbonyl (C=O) groups excluding carboxylic acids is 1. The van der Waals surface area contributed by atoms with E-state index in [0.717, 1.165) is 29.2 Å². The molecule has 0 saturated carbocycles. The molecular weight excluding hydrogens is 438 g/mol. The molecule has 2 atom stereocenters. The molecule has 34 heavy (non-hydrogen) atoms. The van der Waals surface area contributed by atoms with E-state index in [-0.39, 0.29) is 11.0 Å². The molecule has 0 amide bonds. The highest BCUT2D eigenvalue weighted by atomic mass is 16.5. The fraction of sp³-hybridized carbons (Fsp3) is 0.500. The summed E-state index contributed by atoms with van der Waals surface area (Å²) in [6.07, 6.45) is 2.27. The Morgan fingerprint density at radius 2 is 1.85 bits per heavy atom. The van der Waals surface area contributed by atoms with Crippen molar-refractivity contribution in [1.82, 2.24) is 4.90 Å². The van der Waals surface area contributed by atoms with Gasteiger partial charge in [-0.15, -0.1) is 0 Å². The number of rotatable bonds is 10. The van der Waals surface area contributed by atoms with Gasteiger partial charge in [0.1, 0.15) is 6.61 Å². The third-order valence-electron chi connectivity index (χ3n) is 5.26. The third kappa shape index (κ3) is 8.76. The first-order chi connectivity index (χ1) is 20.2. The minimum absolute atomic E-state index is 0.104. The number of carboxylic acids is 2. The number of ether oxygens (including phenoxy) is 2. The van der Waals surface area contributed by atoms with Crippen LogP contribution >= 0.6 is 0 Å². The van der Waals surface area contributed by atoms with Gasteiger partial charge in [-0.25, -0.2) is 9.59 Å². The van der Waals surface area contributed by atoms with Gasteiger partial charge >= 0.3 is 17.9 Å². The van der Waals surface area contributed by atoms with Crippen molar-refractivity contribution in [3.8, 4) is 0 Å². The van der Waals surface area contributed by atoms with E-state index in [1.807, 2.05) is 42.5 Å². The Labute approximate surface area is 214 Å². The van der Waals surface area contributed by atoms with Gasteiger partial charge in [0.25, 0.3) is 0 Å². The van der Waals surface area contributed by atoms with Crippen molar-refractivity contribution in [1.29, 1.82) is 0 Å². The van der Waals surface area contributed by atoms with E-state index < -0.39 is 63.7 Å². The number of fused-ring (bicyclic) bond motifs is 1. The van der Waals surface area contributed by atoms with Crippen LogP contribution in [-0.2, 0) is 30.3 Å². The Balaban J connectivity index is 0.00000102. The number of esters is 1. The van der Waals surface area contributed by atoms with Gasteiger partial charge in [0.2, 0.25) is 0 Å². The van der Waals surface area contributed by atoms with Gasteiger partial charge in [-0.3, -0.25) is 4.79 Å². The number of hydrogen-bond donors (Lipinski definition) is 2. The van der Waals surface area contributed by atoms with Crippen molar-refractivity contribution in [3.05, 3.63) is 48.0 Å². The molecule has 186 valence electrons. The number of likely N-dealkylation sites (N-methyl/N-ethyl adjacent to an activating group) is 1. The first-order valence-electron chi connectivity index (χ1n) is 15.7. The van der Waals surface area contributed by atoms with E-state index in [1.54, 1.807) is 0 Å². The third-order valence-corrected chi connectivity index (χ3v) is 5.26. The molecule has 0 aliphatic carbocycles. The molecule has 1 aliphatic rings. The number of benzene rings is 2. The van der Waals surface area contributed by atoms with Gasteiger partial charge in [-0.2, -0.15) is 0 Å². The van der Waals surface area contributed by atoms with Gasteiger partial charge in [0.15, 0.2) is 0 Å². The second kappa shape index (κ2) is 14.3. The molecule has 1 fully saturated rings. The first-order valence-corrected chi connectivity index (χ1v) is 10.7. The van der Waals surface area contributed by atoms with Gasteiger partial charge in [0, 0.05) is 26.9 Å². The van der Waals surface area contributed by atoms with Crippen LogP contribution in [-0.4, -0.2) is 71.9 Å². The smallest absolute Gasteiger partial charge is 0.414 e. The van der Waals surface area contributed by atoms with Crippen LogP contribution in [0.4, 0.5) is 0 Å². The maximum atomic E-state index is 13.2. The summed E-state index contributed by atoms with van der Waals surface area (Å²) in [5.41, 5.74) is 0.933. The number of nitrogens with zero attached hydrogens (tertiary/aromatic N) is 1. The molecule has 8 heteroatoms. The summed E-state index contributed by atoms with van der Waals surface area (Å²) in [4.78, 5) is 31.5. The monoisotopic (exact) mass is 483 g/mol. The molecule has 1 aliphatic heterocycles. The van der Waals surface area contributed by atoms with E-state index in [4.69, 9.17) is 43.0 Å². The largest absolute Gasteiger partial charge is 0.473 e. The summed E-state index contributed by atoms with van der Waals surface area (Å²) in [7, 11) is 0. The highest BCUT2D eigenvalue weighted by molar-refractivity contribution is 6.27. The van der Waals surface area contributed by atoms with Crippen LogP contribution in [0.5, 0.6) is 0 Å². The van der Waals surface area contributed by atoms with E-state index in [0.29, 0.717) is 19.4 Å². The lowest BCUT2D eigenvalue weighted by molar-refractivity contribution is -0.159. The van der Waals surface area contributed by atoms with Crippen LogP contribution in [0, 0.1) is 5.92 Å². The van der Waals surface area contributed by atoms with Gasteiger partial charge in [-0.1, -0.05) is 56.2 Å². The molecule has 0 bridgehead atoms. The average Bonchev–Trinajstić information content (AvgIpc) is 3.42. The van der Waals surface area contributed by atoms with Crippen LogP contribution < -0.4 is 0 Å². The quantitative estimate of drug-likeness (QED) is 0.389. The minimum Gasteiger partial charge on any atom is -0.473 e. The topological polar surface area (TPSA) is 113 Å². The molecule has 1 heterocycles. The number of carbonyl (C=O) groups is 3. The molecular formula is C26H35NO7. The Kier molecular flexibility index (Phi) is 6.67. The van der Waals surface area contributed by atoms with Gasteiger partial charge in [0.05, 0.1) is 12.0 Å². The number of aliphatic carboxylic acids is 2. The van der Waals surface area contributed by atoms with Crippen molar-refractivity contribution in [2.45, 2.75) is 45.5 Å². The van der Waals surface area contributed by atoms with Crippen molar-refractivity contribution < 1.29 is 47.8 Å². The van der Waals surface area contributed by atoms with Crippen LogP contribution in [0.2, 0.25) is 0 Å². The van der Waals surface area contributed by atoms with E-state index in [9.17, 15) is 4.79 Å². The Morgan fingerprint density at radius 1 is 1.15 bits per heavy atom. The fourth-order valence-corrected chi connectivity index (χ4v) is 3.64. The van der Waals surface area contributed by atoms with E-state index in [1.165, 1.54) is 0 Å². The summed E-state index contributed by atoms with van der Waals surface area (Å²) in [5, 5.41) is 16.8. The molecule has 2 aromatic carbocycles. The zero-order valence-corrected chi connectivity index (χ0v) is 18.5. The molecule has 0 radical (unpaired) electrons. The molecule has 1 saturated heterocycles. The maximum absolute atomic E-state index is 13.2. The van der Waals surface area contributed by atoms with Crippen LogP contribution in [0.1, 0.15) is 52.2 Å². The van der Waals surface area contributed by atoms with Crippen molar-refractivity contribution in [2.24, 2.45) is 5.92 Å². The summed E-state index contributed by atoms with van der Waals surface area (Å²) in [5.74, 6) is -4.90. The standard InChI is InChI=1S/C24H33NO3.C2H2O4/c1-3-25(4-2)14-16-28-24(26)21(18-22-12-8-15-27-22)17-20-11-7-10-19-9-5-6-13-23(19)20;3-1(4)2(5)6/h5-7,9-11,13,21-22H,3-4,8,12,14-18H2,1-2H3;(H,3,4)(H,5,6)/i1D3,2D3,3D2,4D2;. The average molecular weight is 484 g/mol. The summed E-state index contributed by atoms with van der Waals surface area (Å²) in [6, 6.07) is 13.6. The number of carboxylic acid groups (broad SMARTS) is 2. The van der Waals surface area contributed by atoms with Gasteiger partial charge < -0.3 is 24.6 Å². The van der Waals surface area contributed by atoms with E-state index in [2.05, 4.69) is 0 Å². The molecule has 0 spiro atoms. The molecule has 8 nitrogen and oxygen atoms in total. The number of hydrogen-bond acceptors (Lipinski definition) is 6. The molecule has 3 rings (SSSR count). The van der Waals surface area contributed by atoms with Crippen LogP contribution in [0.3, 0.4) is 0 Å². The normalized spacial score (nSPS) is 22.0. The SMILES string of the molecule is O=C(O)C(=O)O.[2H]C([2H])([2H])C([2H])([2H])N(CCOC(=O)C(Cc1cccc2ccccc12)CC1CCCO1)C([2H])([2H])C([2H])([2H])[2H]. The second-order valence-corrected chi connectivity index (χ2v) is 7.56. The zero-order valence-electron chi connectivity index (χ0n) is 28.5. The molecule has 2 aromatic rings. The van der Waals surface area contributed by atoms with Crippen LogP contribution in [0.25, 0.3) is 10.8 Å². The lowest BCUT2D eigenvalue weighted by atomic mass is 9.90. The zero-order chi connectivity index (χ0) is 33.5. The summed E-state index contributed by atoms with van der Waals surface area (Å²) >= 11 is 0. The molecule has 2 unspecified atom stereocenters. The Hall–Kier alpha value is -2.97. The first kappa shape index (κ1) is 15.8. The van der Waals surface area contributed by atoms with E-state index >= 15 is 0 Å². The van der Waals surface area contributed by atoms with Crippen LogP contribution in [0.15, 0.2) is 42.5 Å². The Bertz CT molecular complexity index is 1250. The molecule has 2 N–H and O–H groups in total. The summed E-state index contributed by atoms with van der Waals surface area (Å²) in [6.45, 7) is -14.2. The van der Waals surface area contributed by atoms with Crippen molar-refractivity contribution in [3.63, 3.8) is 0 Å². The Morgan fingerprint density at radius 3 is 2.50 bits per heavy atom. The predicted molar refractivity (Wildman–Crippen MR) is 129 cm³/mol. The molecule has 0 aromatic heterocycles. The van der Waals surface area contributed by atoms with Crippen molar-refractivity contribution in [2.75, 3.05) is 32.8 Å². The summed E-state index contributed by atoms with van der Waals surface area (Å²) < 4.78 is 88.1. The lowest BCUT2D eigenvalue weighted by Crippen LogP contribution is -2.30. The maximum Gasteiger partial charge on any atom is 0.414 e.